The maximum atomic E-state index is 12.2. The largest absolute Gasteiger partial charge is 0.466 e. The molecular formula is C23H28ClN3O2. The molecule has 1 heterocycles. The van der Waals surface area contributed by atoms with Crippen LogP contribution in [0.3, 0.4) is 0 Å². The van der Waals surface area contributed by atoms with Crippen LogP contribution >= 0.6 is 11.6 Å². The minimum Gasteiger partial charge on any atom is -0.466 e. The molecule has 0 atom stereocenters. The summed E-state index contributed by atoms with van der Waals surface area (Å²) < 4.78 is 5.41. The molecule has 0 saturated heterocycles. The third kappa shape index (κ3) is 5.80. The van der Waals surface area contributed by atoms with Gasteiger partial charge in [-0.15, -0.1) is 5.10 Å². The smallest absolute Gasteiger partial charge is 0.306 e. The van der Waals surface area contributed by atoms with E-state index in [1.807, 2.05) is 36.4 Å². The number of esters is 1. The molecule has 0 unspecified atom stereocenters. The fraction of sp³-hybridized carbons (Fsp3) is 0.435. The molecule has 0 aliphatic heterocycles. The fourth-order valence-corrected chi connectivity index (χ4v) is 3.76. The normalized spacial score (nSPS) is 11.1. The van der Waals surface area contributed by atoms with E-state index in [1.165, 1.54) is 25.7 Å². The van der Waals surface area contributed by atoms with Crippen molar-refractivity contribution >= 4 is 28.6 Å². The lowest BCUT2D eigenvalue weighted by Crippen LogP contribution is -2.07. The Morgan fingerprint density at radius 1 is 1.07 bits per heavy atom. The summed E-state index contributed by atoms with van der Waals surface area (Å²) in [5, 5.41) is 11.6. The number of carbonyl (C=O) groups excluding carboxylic acids is 1. The number of aromatic nitrogens is 3. The van der Waals surface area contributed by atoms with E-state index in [9.17, 15) is 4.79 Å². The van der Waals surface area contributed by atoms with Crippen molar-refractivity contribution in [1.29, 1.82) is 0 Å². The van der Waals surface area contributed by atoms with Crippen molar-refractivity contribution in [3.8, 4) is 11.1 Å². The first kappa shape index (κ1) is 21.3. The van der Waals surface area contributed by atoms with Gasteiger partial charge in [0.25, 0.3) is 0 Å². The second-order valence-electron chi connectivity index (χ2n) is 7.28. The molecule has 3 aromatic rings. The van der Waals surface area contributed by atoms with E-state index >= 15 is 0 Å². The molecule has 2 aromatic carbocycles. The minimum absolute atomic E-state index is 0.154. The summed E-state index contributed by atoms with van der Waals surface area (Å²) in [5.41, 5.74) is 4.42. The number of halogens is 1. The van der Waals surface area contributed by atoms with Gasteiger partial charge in [0.15, 0.2) is 0 Å². The highest BCUT2D eigenvalue weighted by molar-refractivity contribution is 6.34. The zero-order chi connectivity index (χ0) is 20.5. The summed E-state index contributed by atoms with van der Waals surface area (Å²) in [6, 6.07) is 11.7. The zero-order valence-electron chi connectivity index (χ0n) is 16.9. The molecule has 0 fully saturated rings. The van der Waals surface area contributed by atoms with Gasteiger partial charge in [0.05, 0.1) is 17.1 Å². The van der Waals surface area contributed by atoms with E-state index in [-0.39, 0.29) is 5.97 Å². The Bertz CT molecular complexity index is 939. The number of unbranched alkanes of at least 4 members (excludes halogenated alkanes) is 5. The Kier molecular flexibility index (Phi) is 8.05. The van der Waals surface area contributed by atoms with Crippen molar-refractivity contribution in [2.24, 2.45) is 0 Å². The quantitative estimate of drug-likeness (QED) is 0.304. The molecule has 1 aromatic heterocycles. The van der Waals surface area contributed by atoms with Crippen molar-refractivity contribution in [2.45, 2.75) is 58.3 Å². The van der Waals surface area contributed by atoms with Gasteiger partial charge in [0.2, 0.25) is 0 Å². The first-order chi connectivity index (χ1) is 14.2. The van der Waals surface area contributed by atoms with Crippen molar-refractivity contribution < 1.29 is 9.53 Å². The topological polar surface area (TPSA) is 67.9 Å². The monoisotopic (exact) mass is 413 g/mol. The first-order valence-corrected chi connectivity index (χ1v) is 10.8. The standard InChI is InChI=1S/C23H28ClN3O2/c1-2-3-4-5-6-9-16-29-21(28)15-12-17-10-7-8-11-18(17)22-19(24)13-14-20-23(22)26-27-25-20/h7-8,10-11,13-14H,2-6,9,12,15-16H2,1H3,(H,25,26,27). The van der Waals surface area contributed by atoms with Crippen LogP contribution in [0.1, 0.15) is 57.4 Å². The van der Waals surface area contributed by atoms with Crippen LogP contribution in [0.2, 0.25) is 5.02 Å². The van der Waals surface area contributed by atoms with Gasteiger partial charge in [-0.25, -0.2) is 0 Å². The van der Waals surface area contributed by atoms with Crippen LogP contribution in [-0.4, -0.2) is 28.0 Å². The Balaban J connectivity index is 1.58. The number of nitrogens with one attached hydrogen (secondary N) is 1. The molecule has 5 nitrogen and oxygen atoms in total. The Morgan fingerprint density at radius 3 is 2.72 bits per heavy atom. The summed E-state index contributed by atoms with van der Waals surface area (Å²) >= 11 is 6.49. The number of H-pyrrole nitrogens is 1. The molecule has 6 heteroatoms. The molecule has 0 radical (unpaired) electrons. The number of nitrogens with zero attached hydrogens (tertiary/aromatic N) is 2. The molecule has 0 amide bonds. The molecule has 0 bridgehead atoms. The highest BCUT2D eigenvalue weighted by Crippen LogP contribution is 2.35. The Hall–Kier alpha value is -2.40. The fourth-order valence-electron chi connectivity index (χ4n) is 3.51. The second-order valence-corrected chi connectivity index (χ2v) is 7.68. The van der Waals surface area contributed by atoms with Gasteiger partial charge in [0.1, 0.15) is 5.52 Å². The van der Waals surface area contributed by atoms with Crippen LogP contribution < -0.4 is 0 Å². The second kappa shape index (κ2) is 11.0. The maximum Gasteiger partial charge on any atom is 0.306 e. The van der Waals surface area contributed by atoms with Crippen LogP contribution in [-0.2, 0) is 16.0 Å². The summed E-state index contributed by atoms with van der Waals surface area (Å²) in [7, 11) is 0. The van der Waals surface area contributed by atoms with Gasteiger partial charge in [-0.05, 0) is 36.1 Å². The summed E-state index contributed by atoms with van der Waals surface area (Å²) in [4.78, 5) is 12.2. The van der Waals surface area contributed by atoms with Crippen LogP contribution in [0.25, 0.3) is 22.2 Å². The predicted octanol–water partition coefficient (Wildman–Crippen LogP) is 6.11. The molecule has 0 aliphatic rings. The zero-order valence-corrected chi connectivity index (χ0v) is 17.7. The van der Waals surface area contributed by atoms with Gasteiger partial charge in [-0.1, -0.05) is 80.1 Å². The van der Waals surface area contributed by atoms with E-state index in [2.05, 4.69) is 22.3 Å². The van der Waals surface area contributed by atoms with Crippen LogP contribution in [0.4, 0.5) is 0 Å². The third-order valence-electron chi connectivity index (χ3n) is 5.09. The molecule has 0 saturated carbocycles. The lowest BCUT2D eigenvalue weighted by molar-refractivity contribution is -0.143. The van der Waals surface area contributed by atoms with Gasteiger partial charge < -0.3 is 4.74 Å². The van der Waals surface area contributed by atoms with Gasteiger partial charge in [-0.2, -0.15) is 0 Å². The SMILES string of the molecule is CCCCCCCCOC(=O)CCc1ccccc1-c1c(Cl)ccc2[nH]nnc12. The van der Waals surface area contributed by atoms with Gasteiger partial charge in [-0.3, -0.25) is 9.89 Å². The third-order valence-corrected chi connectivity index (χ3v) is 5.41. The average molecular weight is 414 g/mol. The molecule has 29 heavy (non-hydrogen) atoms. The van der Waals surface area contributed by atoms with E-state index in [0.29, 0.717) is 24.5 Å². The number of fused-ring (bicyclic) bond motifs is 1. The number of aryl methyl sites for hydroxylation is 1. The Morgan fingerprint density at radius 2 is 1.86 bits per heavy atom. The Labute approximate surface area is 176 Å². The number of rotatable bonds is 11. The molecule has 3 rings (SSSR count). The molecule has 1 N–H and O–H groups in total. The molecule has 0 aliphatic carbocycles. The van der Waals surface area contributed by atoms with Crippen molar-refractivity contribution in [2.75, 3.05) is 6.61 Å². The maximum absolute atomic E-state index is 12.2. The van der Waals surface area contributed by atoms with Crippen LogP contribution in [0.5, 0.6) is 0 Å². The number of aromatic amines is 1. The minimum atomic E-state index is -0.154. The molecule has 0 spiro atoms. The number of hydrogen-bond acceptors (Lipinski definition) is 4. The van der Waals surface area contributed by atoms with Gasteiger partial charge in [0, 0.05) is 12.0 Å². The number of carbonyl (C=O) groups is 1. The van der Waals surface area contributed by atoms with Crippen LogP contribution in [0.15, 0.2) is 36.4 Å². The summed E-state index contributed by atoms with van der Waals surface area (Å²) in [6.07, 6.45) is 8.01. The van der Waals surface area contributed by atoms with Gasteiger partial charge >= 0.3 is 5.97 Å². The van der Waals surface area contributed by atoms with E-state index in [0.717, 1.165) is 40.6 Å². The molecule has 154 valence electrons. The van der Waals surface area contributed by atoms with E-state index in [4.69, 9.17) is 16.3 Å². The van der Waals surface area contributed by atoms with Crippen molar-refractivity contribution in [3.63, 3.8) is 0 Å². The molecular weight excluding hydrogens is 386 g/mol. The highest BCUT2D eigenvalue weighted by atomic mass is 35.5. The number of ether oxygens (including phenoxy) is 1. The van der Waals surface area contributed by atoms with Crippen molar-refractivity contribution in [1.82, 2.24) is 15.4 Å². The van der Waals surface area contributed by atoms with E-state index in [1.54, 1.807) is 0 Å². The average Bonchev–Trinajstić information content (AvgIpc) is 3.20. The predicted molar refractivity (Wildman–Crippen MR) is 117 cm³/mol. The first-order valence-electron chi connectivity index (χ1n) is 10.4. The summed E-state index contributed by atoms with van der Waals surface area (Å²) in [5.74, 6) is -0.154. The summed E-state index contributed by atoms with van der Waals surface area (Å²) in [6.45, 7) is 2.72. The number of benzene rings is 2. The lowest BCUT2D eigenvalue weighted by atomic mass is 9.95. The van der Waals surface area contributed by atoms with Crippen molar-refractivity contribution in [3.05, 3.63) is 47.0 Å². The highest BCUT2D eigenvalue weighted by Gasteiger charge is 2.15. The van der Waals surface area contributed by atoms with E-state index < -0.39 is 0 Å². The number of hydrogen-bond donors (Lipinski definition) is 1. The lowest BCUT2D eigenvalue weighted by Gasteiger charge is -2.12. The van der Waals surface area contributed by atoms with Crippen LogP contribution in [0, 0.1) is 0 Å².